The Morgan fingerprint density at radius 2 is 1.82 bits per heavy atom. The zero-order chi connectivity index (χ0) is 24.1. The average Bonchev–Trinajstić information content (AvgIpc) is 3.20. The van der Waals surface area contributed by atoms with Crippen LogP contribution < -0.4 is 10.6 Å². The van der Waals surface area contributed by atoms with Crippen molar-refractivity contribution < 1.29 is 19.1 Å². The van der Waals surface area contributed by atoms with E-state index in [-0.39, 0.29) is 35.7 Å². The number of amides is 2. The van der Waals surface area contributed by atoms with Crippen LogP contribution in [0.15, 0.2) is 24.3 Å². The molecule has 1 heterocycles. The summed E-state index contributed by atoms with van der Waals surface area (Å²) in [5.74, 6) is 1.79. The van der Waals surface area contributed by atoms with Gasteiger partial charge >= 0.3 is 0 Å². The largest absolute Gasteiger partial charge is 0.359 e. The molecule has 6 heteroatoms. The molecule has 34 heavy (non-hydrogen) atoms. The lowest BCUT2D eigenvalue weighted by Crippen LogP contribution is -2.64. The van der Waals surface area contributed by atoms with Crippen LogP contribution in [0.2, 0.25) is 0 Å². The van der Waals surface area contributed by atoms with E-state index in [1.165, 1.54) is 45.4 Å². The fourth-order valence-corrected chi connectivity index (χ4v) is 8.03. The zero-order valence-corrected chi connectivity index (χ0v) is 20.7. The molecule has 2 N–H and O–H groups in total. The van der Waals surface area contributed by atoms with Crippen molar-refractivity contribution in [3.63, 3.8) is 0 Å². The minimum absolute atomic E-state index is 0.0169. The number of benzene rings is 1. The number of hydrogen-bond acceptors (Lipinski definition) is 4. The van der Waals surface area contributed by atoms with Gasteiger partial charge in [-0.05, 0) is 105 Å². The van der Waals surface area contributed by atoms with Crippen LogP contribution in [0, 0.1) is 28.6 Å². The molecule has 0 spiro atoms. The number of piperidine rings is 1. The first kappa shape index (κ1) is 23.5. The maximum absolute atomic E-state index is 12.9. The molecule has 7 atom stereocenters. The molecular weight excluding hydrogens is 428 g/mol. The van der Waals surface area contributed by atoms with Gasteiger partial charge in [-0.25, -0.2) is 0 Å². The van der Waals surface area contributed by atoms with E-state index in [4.69, 9.17) is 4.74 Å². The first-order valence-electron chi connectivity index (χ1n) is 13.0. The van der Waals surface area contributed by atoms with Crippen LogP contribution in [0.1, 0.15) is 82.5 Å². The fraction of sp³-hybridized carbons (Fsp3) is 0.679. The first-order valence-corrected chi connectivity index (χ1v) is 13.0. The Hall–Kier alpha value is -2.21. The number of carbonyl (C=O) groups excluding carboxylic acids is 3. The highest BCUT2D eigenvalue weighted by molar-refractivity contribution is 5.96. The maximum atomic E-state index is 12.9. The normalized spacial score (nSPS) is 38.8. The van der Waals surface area contributed by atoms with Crippen LogP contribution in [0.4, 0.5) is 5.69 Å². The van der Waals surface area contributed by atoms with Crippen LogP contribution in [-0.2, 0) is 14.3 Å². The third-order valence-electron chi connectivity index (χ3n) is 9.88. The molecule has 1 saturated heterocycles. The van der Waals surface area contributed by atoms with Crippen molar-refractivity contribution in [2.24, 2.45) is 28.6 Å². The average molecular weight is 467 g/mol. The van der Waals surface area contributed by atoms with Crippen molar-refractivity contribution >= 4 is 23.3 Å². The van der Waals surface area contributed by atoms with Crippen molar-refractivity contribution in [1.82, 2.24) is 5.32 Å². The molecule has 4 fully saturated rings. The lowest BCUT2D eigenvalue weighted by Gasteiger charge is -2.60. The number of nitrogens with one attached hydrogen (secondary N) is 2. The molecule has 5 rings (SSSR count). The van der Waals surface area contributed by atoms with E-state index in [2.05, 4.69) is 24.5 Å². The lowest BCUT2D eigenvalue weighted by atomic mass is 9.47. The Balaban J connectivity index is 1.22. The van der Waals surface area contributed by atoms with E-state index in [0.717, 1.165) is 18.3 Å². The quantitative estimate of drug-likeness (QED) is 0.614. The van der Waals surface area contributed by atoms with E-state index < -0.39 is 6.10 Å². The van der Waals surface area contributed by atoms with Gasteiger partial charge in [-0.15, -0.1) is 0 Å². The van der Waals surface area contributed by atoms with Gasteiger partial charge < -0.3 is 15.4 Å². The van der Waals surface area contributed by atoms with Gasteiger partial charge in [0.05, 0.1) is 0 Å². The molecule has 1 aromatic rings. The topological polar surface area (TPSA) is 84.5 Å². The van der Waals surface area contributed by atoms with Crippen LogP contribution >= 0.6 is 0 Å². The third kappa shape index (κ3) is 4.08. The maximum Gasteiger partial charge on any atom is 0.250 e. The van der Waals surface area contributed by atoms with E-state index in [9.17, 15) is 14.4 Å². The second kappa shape index (κ2) is 8.78. The SMILES string of the molecule is CC(=O)c1ccc(NC(=O)COC2C[C@@]3(C)C(CC[C@@H]4[C@H]3CC[C@]3(C)CCC[C@@H]43)NC2=O)cc1. The van der Waals surface area contributed by atoms with Gasteiger partial charge in [-0.3, -0.25) is 14.4 Å². The molecule has 1 aliphatic heterocycles. The highest BCUT2D eigenvalue weighted by Crippen LogP contribution is 2.64. The highest BCUT2D eigenvalue weighted by Gasteiger charge is 2.59. The van der Waals surface area contributed by atoms with E-state index in [1.54, 1.807) is 24.3 Å². The summed E-state index contributed by atoms with van der Waals surface area (Å²) in [6, 6.07) is 6.99. The standard InChI is InChI=1S/C28H38N2O4/c1-17(31)18-6-8-19(9-7-18)29-25(32)16-34-23-15-28(3)22-12-14-27(2)13-4-5-21(27)20(22)10-11-24(28)30-26(23)33/h6-9,20-24H,4-5,10-16H2,1-3H3,(H,29,32)(H,30,33)/t20-,21-,22+,23?,24?,27-,28+/m0/s1. The summed E-state index contributed by atoms with van der Waals surface area (Å²) < 4.78 is 5.91. The molecule has 0 aromatic heterocycles. The van der Waals surface area contributed by atoms with Gasteiger partial charge in [-0.2, -0.15) is 0 Å². The predicted octanol–water partition coefficient (Wildman–Crippen LogP) is 4.73. The number of anilines is 1. The molecule has 0 radical (unpaired) electrons. The fourth-order valence-electron chi connectivity index (χ4n) is 8.03. The summed E-state index contributed by atoms with van der Waals surface area (Å²) in [4.78, 5) is 36.8. The Morgan fingerprint density at radius 3 is 2.56 bits per heavy atom. The number of carbonyl (C=O) groups is 3. The smallest absolute Gasteiger partial charge is 0.250 e. The lowest BCUT2D eigenvalue weighted by molar-refractivity contribution is -0.158. The van der Waals surface area contributed by atoms with E-state index in [0.29, 0.717) is 29.0 Å². The molecule has 4 aliphatic rings. The molecule has 3 aliphatic carbocycles. The third-order valence-corrected chi connectivity index (χ3v) is 9.88. The summed E-state index contributed by atoms with van der Waals surface area (Å²) in [6.07, 6.45) is 9.00. The minimum Gasteiger partial charge on any atom is -0.359 e. The van der Waals surface area contributed by atoms with Gasteiger partial charge in [0.15, 0.2) is 5.78 Å². The summed E-state index contributed by atoms with van der Waals surface area (Å²) in [7, 11) is 0. The van der Waals surface area contributed by atoms with E-state index in [1.807, 2.05) is 0 Å². The predicted molar refractivity (Wildman–Crippen MR) is 130 cm³/mol. The summed E-state index contributed by atoms with van der Waals surface area (Å²) >= 11 is 0. The minimum atomic E-state index is -0.595. The summed E-state index contributed by atoms with van der Waals surface area (Å²) in [5.41, 5.74) is 1.74. The van der Waals surface area contributed by atoms with Gasteiger partial charge in [-0.1, -0.05) is 20.3 Å². The number of hydrogen-bond donors (Lipinski definition) is 2. The molecule has 6 nitrogen and oxygen atoms in total. The number of ketones is 1. The number of Topliss-reactive ketones (excluding diaryl/α,β-unsaturated/α-hetero) is 1. The number of ether oxygens (including phenoxy) is 1. The van der Waals surface area contributed by atoms with Crippen molar-refractivity contribution in [2.75, 3.05) is 11.9 Å². The first-order chi connectivity index (χ1) is 16.2. The monoisotopic (exact) mass is 466 g/mol. The molecule has 3 saturated carbocycles. The van der Waals surface area contributed by atoms with Crippen LogP contribution in [0.25, 0.3) is 0 Å². The van der Waals surface area contributed by atoms with Gasteiger partial charge in [0, 0.05) is 17.3 Å². The number of rotatable bonds is 5. The highest BCUT2D eigenvalue weighted by atomic mass is 16.5. The summed E-state index contributed by atoms with van der Waals surface area (Å²) in [5, 5.41) is 6.07. The van der Waals surface area contributed by atoms with Crippen LogP contribution in [0.3, 0.4) is 0 Å². The molecular formula is C28H38N2O4. The van der Waals surface area contributed by atoms with Gasteiger partial charge in [0.1, 0.15) is 12.7 Å². The van der Waals surface area contributed by atoms with Crippen molar-refractivity contribution in [2.45, 2.75) is 84.3 Å². The molecule has 184 valence electrons. The van der Waals surface area contributed by atoms with E-state index >= 15 is 0 Å². The zero-order valence-electron chi connectivity index (χ0n) is 20.7. The Kier molecular flexibility index (Phi) is 6.07. The second-order valence-electron chi connectivity index (χ2n) is 11.8. The molecule has 1 aromatic carbocycles. The van der Waals surface area contributed by atoms with Crippen molar-refractivity contribution in [1.29, 1.82) is 0 Å². The Morgan fingerprint density at radius 1 is 1.06 bits per heavy atom. The van der Waals surface area contributed by atoms with Crippen LogP contribution in [-0.4, -0.2) is 36.4 Å². The van der Waals surface area contributed by atoms with Gasteiger partial charge in [0.2, 0.25) is 11.8 Å². The second-order valence-corrected chi connectivity index (χ2v) is 11.8. The molecule has 0 bridgehead atoms. The Bertz CT molecular complexity index is 975. The number of fused-ring (bicyclic) bond motifs is 5. The van der Waals surface area contributed by atoms with Crippen LogP contribution in [0.5, 0.6) is 0 Å². The van der Waals surface area contributed by atoms with Crippen molar-refractivity contribution in [3.05, 3.63) is 29.8 Å². The summed E-state index contributed by atoms with van der Waals surface area (Å²) in [6.45, 7) is 6.21. The molecule has 2 amide bonds. The Labute approximate surface area is 202 Å². The van der Waals surface area contributed by atoms with Crippen molar-refractivity contribution in [3.8, 4) is 0 Å². The van der Waals surface area contributed by atoms with Gasteiger partial charge in [0.25, 0.3) is 0 Å². The molecule has 2 unspecified atom stereocenters.